The maximum absolute atomic E-state index is 5.32. The van der Waals surface area contributed by atoms with Crippen molar-refractivity contribution in [2.45, 2.75) is 11.3 Å². The molecule has 0 spiro atoms. The summed E-state index contributed by atoms with van der Waals surface area (Å²) in [7, 11) is 3.73. The van der Waals surface area contributed by atoms with Crippen molar-refractivity contribution >= 4 is 29.1 Å². The van der Waals surface area contributed by atoms with E-state index in [0.29, 0.717) is 0 Å². The molecule has 0 saturated heterocycles. The van der Waals surface area contributed by atoms with E-state index < -0.39 is 0 Å². The number of thioether (sulfide) groups is 1. The Morgan fingerprint density at radius 2 is 2.11 bits per heavy atom. The van der Waals surface area contributed by atoms with Gasteiger partial charge in [-0.05, 0) is 30.8 Å². The monoisotopic (exact) mass is 298 g/mol. The van der Waals surface area contributed by atoms with Crippen LogP contribution in [0.25, 0.3) is 0 Å². The van der Waals surface area contributed by atoms with Gasteiger partial charge < -0.3 is 15.0 Å². The SMILES string of the molecule is COCCCN(C)C(=S)NCCSc1ccccc1. The van der Waals surface area contributed by atoms with E-state index in [9.17, 15) is 0 Å². The van der Waals surface area contributed by atoms with Gasteiger partial charge in [0.15, 0.2) is 5.11 Å². The molecule has 0 amide bonds. The zero-order chi connectivity index (χ0) is 13.9. The number of hydrogen-bond acceptors (Lipinski definition) is 3. The molecule has 0 radical (unpaired) electrons. The van der Waals surface area contributed by atoms with Crippen molar-refractivity contribution in [3.63, 3.8) is 0 Å². The van der Waals surface area contributed by atoms with E-state index in [2.05, 4.69) is 34.5 Å². The Hall–Kier alpha value is -0.780. The van der Waals surface area contributed by atoms with Crippen molar-refractivity contribution in [1.29, 1.82) is 0 Å². The van der Waals surface area contributed by atoms with E-state index in [-0.39, 0.29) is 0 Å². The summed E-state index contributed by atoms with van der Waals surface area (Å²) in [6.07, 6.45) is 0.994. The molecule has 0 bridgehead atoms. The zero-order valence-electron chi connectivity index (χ0n) is 11.6. The summed E-state index contributed by atoms with van der Waals surface area (Å²) in [6, 6.07) is 10.4. The standard InChI is InChI=1S/C14H22N2OS2/c1-16(10-6-11-17-2)14(18)15-9-12-19-13-7-4-3-5-8-13/h3-5,7-8H,6,9-12H2,1-2H3,(H,15,18). The van der Waals surface area contributed by atoms with E-state index >= 15 is 0 Å². The third-order valence-corrected chi connectivity index (χ3v) is 4.05. The third-order valence-electron chi connectivity index (χ3n) is 2.58. The molecule has 0 atom stereocenters. The minimum Gasteiger partial charge on any atom is -0.385 e. The second-order valence-corrected chi connectivity index (χ2v) is 5.72. The summed E-state index contributed by atoms with van der Waals surface area (Å²) in [5.41, 5.74) is 0. The first-order valence-electron chi connectivity index (χ1n) is 6.40. The van der Waals surface area contributed by atoms with Gasteiger partial charge in [-0.25, -0.2) is 0 Å². The van der Waals surface area contributed by atoms with Crippen LogP contribution in [0, 0.1) is 0 Å². The van der Waals surface area contributed by atoms with Crippen LogP contribution < -0.4 is 5.32 Å². The van der Waals surface area contributed by atoms with Crippen molar-refractivity contribution in [2.24, 2.45) is 0 Å². The number of ether oxygens (including phenoxy) is 1. The summed E-state index contributed by atoms with van der Waals surface area (Å²) >= 11 is 7.16. The highest BCUT2D eigenvalue weighted by Crippen LogP contribution is 2.15. The maximum atomic E-state index is 5.32. The van der Waals surface area contributed by atoms with Crippen molar-refractivity contribution < 1.29 is 4.74 Å². The van der Waals surface area contributed by atoms with Gasteiger partial charge in [-0.1, -0.05) is 18.2 Å². The lowest BCUT2D eigenvalue weighted by atomic mass is 10.4. The smallest absolute Gasteiger partial charge is 0.168 e. The van der Waals surface area contributed by atoms with Crippen LogP contribution in [-0.2, 0) is 4.74 Å². The first-order chi connectivity index (χ1) is 9.24. The molecule has 1 aromatic carbocycles. The quantitative estimate of drug-likeness (QED) is 0.452. The van der Waals surface area contributed by atoms with Gasteiger partial charge in [-0.3, -0.25) is 0 Å². The number of methoxy groups -OCH3 is 1. The third kappa shape index (κ3) is 7.40. The molecule has 0 aromatic heterocycles. The molecule has 0 aliphatic rings. The highest BCUT2D eigenvalue weighted by atomic mass is 32.2. The van der Waals surface area contributed by atoms with Gasteiger partial charge in [0, 0.05) is 44.5 Å². The minimum atomic E-state index is 0.775. The van der Waals surface area contributed by atoms with Crippen LogP contribution in [0.4, 0.5) is 0 Å². The number of nitrogens with zero attached hydrogens (tertiary/aromatic N) is 1. The molecule has 1 aromatic rings. The average Bonchev–Trinajstić information content (AvgIpc) is 2.44. The molecular formula is C14H22N2OS2. The Labute approximate surface area is 125 Å². The zero-order valence-corrected chi connectivity index (χ0v) is 13.2. The maximum Gasteiger partial charge on any atom is 0.168 e. The summed E-state index contributed by atoms with van der Waals surface area (Å²) in [5.74, 6) is 1.01. The summed E-state index contributed by atoms with van der Waals surface area (Å²) < 4.78 is 5.03. The minimum absolute atomic E-state index is 0.775. The van der Waals surface area contributed by atoms with E-state index in [1.165, 1.54) is 4.90 Å². The van der Waals surface area contributed by atoms with Gasteiger partial charge in [-0.15, -0.1) is 11.8 Å². The predicted molar refractivity (Wildman–Crippen MR) is 86.9 cm³/mol. The average molecular weight is 298 g/mol. The van der Waals surface area contributed by atoms with E-state index in [1.807, 2.05) is 24.9 Å². The number of thiocarbonyl (C=S) groups is 1. The van der Waals surface area contributed by atoms with Crippen LogP contribution in [0.2, 0.25) is 0 Å². The van der Waals surface area contributed by atoms with Gasteiger partial charge in [0.05, 0.1) is 0 Å². The fourth-order valence-corrected chi connectivity index (χ4v) is 2.51. The molecule has 0 fully saturated rings. The molecule has 106 valence electrons. The first-order valence-corrected chi connectivity index (χ1v) is 7.79. The number of nitrogens with one attached hydrogen (secondary N) is 1. The van der Waals surface area contributed by atoms with Crippen molar-refractivity contribution in [3.8, 4) is 0 Å². The molecule has 1 rings (SSSR count). The van der Waals surface area contributed by atoms with Gasteiger partial charge in [0.1, 0.15) is 0 Å². The molecule has 0 heterocycles. The number of hydrogen-bond donors (Lipinski definition) is 1. The lowest BCUT2D eigenvalue weighted by Gasteiger charge is -2.20. The highest BCUT2D eigenvalue weighted by molar-refractivity contribution is 7.99. The van der Waals surface area contributed by atoms with Crippen molar-refractivity contribution in [1.82, 2.24) is 10.2 Å². The molecule has 1 N–H and O–H groups in total. The Morgan fingerprint density at radius 1 is 1.37 bits per heavy atom. The molecule has 0 saturated carbocycles. The van der Waals surface area contributed by atoms with Gasteiger partial charge in [0.2, 0.25) is 0 Å². The normalized spacial score (nSPS) is 10.2. The Balaban J connectivity index is 2.09. The van der Waals surface area contributed by atoms with Crippen LogP contribution in [0.3, 0.4) is 0 Å². The Morgan fingerprint density at radius 3 is 2.79 bits per heavy atom. The summed E-state index contributed by atoms with van der Waals surface area (Å²) in [5, 5.41) is 4.09. The molecule has 0 unspecified atom stereocenters. The lowest BCUT2D eigenvalue weighted by Crippen LogP contribution is -2.38. The van der Waals surface area contributed by atoms with Gasteiger partial charge in [-0.2, -0.15) is 0 Å². The molecular weight excluding hydrogens is 276 g/mol. The van der Waals surface area contributed by atoms with Crippen LogP contribution in [0.15, 0.2) is 35.2 Å². The molecule has 19 heavy (non-hydrogen) atoms. The molecule has 3 nitrogen and oxygen atoms in total. The topological polar surface area (TPSA) is 24.5 Å². The van der Waals surface area contributed by atoms with Crippen molar-refractivity contribution in [3.05, 3.63) is 30.3 Å². The van der Waals surface area contributed by atoms with E-state index in [0.717, 1.165) is 37.0 Å². The first kappa shape index (κ1) is 16.3. The van der Waals surface area contributed by atoms with Crippen LogP contribution >= 0.6 is 24.0 Å². The Kier molecular flexibility index (Phi) is 8.62. The summed E-state index contributed by atoms with van der Waals surface area (Å²) in [4.78, 5) is 3.35. The second-order valence-electron chi connectivity index (χ2n) is 4.16. The fourth-order valence-electron chi connectivity index (χ4n) is 1.53. The van der Waals surface area contributed by atoms with E-state index in [4.69, 9.17) is 17.0 Å². The fraction of sp³-hybridized carbons (Fsp3) is 0.500. The summed E-state index contributed by atoms with van der Waals surface area (Å²) in [6.45, 7) is 2.58. The number of benzene rings is 1. The molecule has 0 aliphatic carbocycles. The predicted octanol–water partition coefficient (Wildman–Crippen LogP) is 2.62. The van der Waals surface area contributed by atoms with Crippen LogP contribution in [0.5, 0.6) is 0 Å². The molecule has 0 aliphatic heterocycles. The van der Waals surface area contributed by atoms with Crippen LogP contribution in [-0.4, -0.2) is 49.6 Å². The largest absolute Gasteiger partial charge is 0.385 e. The van der Waals surface area contributed by atoms with Gasteiger partial charge >= 0.3 is 0 Å². The number of rotatable bonds is 8. The van der Waals surface area contributed by atoms with Crippen molar-refractivity contribution in [2.75, 3.05) is 39.6 Å². The highest BCUT2D eigenvalue weighted by Gasteiger charge is 2.02. The van der Waals surface area contributed by atoms with E-state index in [1.54, 1.807) is 7.11 Å². The van der Waals surface area contributed by atoms with Crippen LogP contribution in [0.1, 0.15) is 6.42 Å². The second kappa shape index (κ2) is 10.1. The lowest BCUT2D eigenvalue weighted by molar-refractivity contribution is 0.188. The van der Waals surface area contributed by atoms with Gasteiger partial charge in [0.25, 0.3) is 0 Å². The molecule has 5 heteroatoms. The Bertz CT molecular complexity index is 360.